The maximum absolute atomic E-state index is 13.8. The van der Waals surface area contributed by atoms with E-state index in [0.717, 1.165) is 28.7 Å². The Morgan fingerprint density at radius 1 is 1.00 bits per heavy atom. The molecule has 2 aromatic carbocycles. The van der Waals surface area contributed by atoms with E-state index in [1.807, 2.05) is 0 Å². The quantitative estimate of drug-likeness (QED) is 0.607. The Morgan fingerprint density at radius 3 is 2.37 bits per heavy atom. The highest BCUT2D eigenvalue weighted by molar-refractivity contribution is 6.22. The van der Waals surface area contributed by atoms with Crippen LogP contribution in [0.4, 0.5) is 8.78 Å². The Labute approximate surface area is 154 Å². The fourth-order valence-electron chi connectivity index (χ4n) is 2.99. The van der Waals surface area contributed by atoms with Gasteiger partial charge >= 0.3 is 5.97 Å². The highest BCUT2D eigenvalue weighted by Gasteiger charge is 2.41. The lowest BCUT2D eigenvalue weighted by molar-refractivity contribution is -0.152. The number of imide groups is 1. The van der Waals surface area contributed by atoms with Crippen LogP contribution in [0.25, 0.3) is 0 Å². The molecule has 0 saturated carbocycles. The first-order valence-corrected chi connectivity index (χ1v) is 8.34. The smallest absolute Gasteiger partial charge is 0.329 e. The second kappa shape index (κ2) is 6.90. The maximum atomic E-state index is 13.8. The van der Waals surface area contributed by atoms with Crippen molar-refractivity contribution in [2.75, 3.05) is 0 Å². The molecule has 2 amide bonds. The minimum atomic E-state index is -1.21. The zero-order valence-corrected chi connectivity index (χ0v) is 15.0. The van der Waals surface area contributed by atoms with Gasteiger partial charge < -0.3 is 4.74 Å². The summed E-state index contributed by atoms with van der Waals surface area (Å²) in [6, 6.07) is 6.43. The molecule has 0 bridgehead atoms. The van der Waals surface area contributed by atoms with Gasteiger partial charge in [-0.2, -0.15) is 0 Å². The summed E-state index contributed by atoms with van der Waals surface area (Å²) in [5, 5.41) is 0. The van der Waals surface area contributed by atoms with Gasteiger partial charge in [-0.05, 0) is 51.1 Å². The highest BCUT2D eigenvalue weighted by Crippen LogP contribution is 2.27. The third-order valence-corrected chi connectivity index (χ3v) is 4.49. The maximum Gasteiger partial charge on any atom is 0.329 e. The molecule has 3 rings (SSSR count). The molecular formula is C20H17F2NO4. The standard InChI is InChI=1S/C20H17F2NO4/c1-10-4-6-14-16(8-10)19(25)23(18(14)24)11(2)20(26)27-12(3)15-9-13(21)5-7-17(15)22/h4-9,11-12H,1-3H3. The number of hydrogen-bond acceptors (Lipinski definition) is 4. The van der Waals surface area contributed by atoms with E-state index in [1.54, 1.807) is 19.1 Å². The molecule has 1 aliphatic rings. The van der Waals surface area contributed by atoms with Crippen molar-refractivity contribution in [2.24, 2.45) is 0 Å². The number of ether oxygens (including phenoxy) is 1. The molecule has 2 unspecified atom stereocenters. The van der Waals surface area contributed by atoms with Crippen molar-refractivity contribution in [3.8, 4) is 0 Å². The summed E-state index contributed by atoms with van der Waals surface area (Å²) >= 11 is 0. The van der Waals surface area contributed by atoms with Gasteiger partial charge in [-0.15, -0.1) is 0 Å². The largest absolute Gasteiger partial charge is 0.456 e. The second-order valence-corrected chi connectivity index (χ2v) is 6.45. The molecule has 0 aromatic heterocycles. The minimum Gasteiger partial charge on any atom is -0.456 e. The van der Waals surface area contributed by atoms with Crippen LogP contribution in [-0.2, 0) is 9.53 Å². The number of hydrogen-bond donors (Lipinski definition) is 0. The zero-order chi connectivity index (χ0) is 19.9. The van der Waals surface area contributed by atoms with E-state index in [1.165, 1.54) is 19.9 Å². The molecule has 0 saturated heterocycles. The SMILES string of the molecule is Cc1ccc2c(c1)C(=O)N(C(C)C(=O)OC(C)c1cc(F)ccc1F)C2=O. The van der Waals surface area contributed by atoms with E-state index in [-0.39, 0.29) is 16.7 Å². The van der Waals surface area contributed by atoms with E-state index in [4.69, 9.17) is 4.74 Å². The molecule has 0 fully saturated rings. The Hall–Kier alpha value is -3.09. The number of esters is 1. The molecule has 0 radical (unpaired) electrons. The Bertz CT molecular complexity index is 957. The van der Waals surface area contributed by atoms with Crippen molar-refractivity contribution >= 4 is 17.8 Å². The zero-order valence-electron chi connectivity index (χ0n) is 15.0. The summed E-state index contributed by atoms with van der Waals surface area (Å²) in [7, 11) is 0. The molecule has 0 N–H and O–H groups in total. The number of fused-ring (bicyclic) bond motifs is 1. The van der Waals surface area contributed by atoms with Crippen molar-refractivity contribution in [2.45, 2.75) is 32.9 Å². The summed E-state index contributed by atoms with van der Waals surface area (Å²) in [6.45, 7) is 4.52. The van der Waals surface area contributed by atoms with Gasteiger partial charge in [0.05, 0.1) is 11.1 Å². The molecule has 1 aliphatic heterocycles. The van der Waals surface area contributed by atoms with E-state index in [9.17, 15) is 23.2 Å². The summed E-state index contributed by atoms with van der Waals surface area (Å²) in [6.07, 6.45) is -1.09. The average Bonchev–Trinajstić information content (AvgIpc) is 2.86. The van der Waals surface area contributed by atoms with Crippen molar-refractivity contribution < 1.29 is 27.9 Å². The van der Waals surface area contributed by atoms with Crippen LogP contribution in [-0.4, -0.2) is 28.7 Å². The Balaban J connectivity index is 1.79. The average molecular weight is 373 g/mol. The highest BCUT2D eigenvalue weighted by atomic mass is 19.1. The van der Waals surface area contributed by atoms with Crippen molar-refractivity contribution in [1.29, 1.82) is 0 Å². The summed E-state index contributed by atoms with van der Waals surface area (Å²) in [5.74, 6) is -3.47. The molecular weight excluding hydrogens is 356 g/mol. The molecule has 2 atom stereocenters. The van der Waals surface area contributed by atoms with Gasteiger partial charge in [0, 0.05) is 5.56 Å². The third-order valence-electron chi connectivity index (χ3n) is 4.49. The number of aryl methyl sites for hydroxylation is 1. The van der Waals surface area contributed by atoms with Crippen LogP contribution >= 0.6 is 0 Å². The van der Waals surface area contributed by atoms with E-state index in [2.05, 4.69) is 0 Å². The van der Waals surface area contributed by atoms with Crippen LogP contribution in [0.1, 0.15) is 51.8 Å². The summed E-state index contributed by atoms with van der Waals surface area (Å²) in [5.41, 5.74) is 1.12. The molecule has 140 valence electrons. The second-order valence-electron chi connectivity index (χ2n) is 6.45. The fraction of sp³-hybridized carbons (Fsp3) is 0.250. The lowest BCUT2D eigenvalue weighted by atomic mass is 10.1. The van der Waals surface area contributed by atoms with Crippen molar-refractivity contribution in [1.82, 2.24) is 4.90 Å². The van der Waals surface area contributed by atoms with Gasteiger partial charge in [0.25, 0.3) is 11.8 Å². The van der Waals surface area contributed by atoms with Gasteiger partial charge in [-0.3, -0.25) is 14.5 Å². The monoisotopic (exact) mass is 373 g/mol. The molecule has 7 heteroatoms. The molecule has 5 nitrogen and oxygen atoms in total. The number of nitrogens with zero attached hydrogens (tertiary/aromatic N) is 1. The van der Waals surface area contributed by atoms with Crippen LogP contribution in [0.5, 0.6) is 0 Å². The number of rotatable bonds is 4. The Morgan fingerprint density at radius 2 is 1.67 bits per heavy atom. The first-order valence-electron chi connectivity index (χ1n) is 8.34. The van der Waals surface area contributed by atoms with Crippen LogP contribution in [0.2, 0.25) is 0 Å². The number of amides is 2. The molecule has 1 heterocycles. The predicted molar refractivity (Wildman–Crippen MR) is 92.0 cm³/mol. The number of halogens is 2. The van der Waals surface area contributed by atoms with Gasteiger partial charge in [0.2, 0.25) is 0 Å². The summed E-state index contributed by atoms with van der Waals surface area (Å²) < 4.78 is 32.3. The normalized spacial score (nSPS) is 15.5. The van der Waals surface area contributed by atoms with E-state index >= 15 is 0 Å². The fourth-order valence-corrected chi connectivity index (χ4v) is 2.99. The third kappa shape index (κ3) is 3.32. The topological polar surface area (TPSA) is 63.7 Å². The number of carbonyl (C=O) groups excluding carboxylic acids is 3. The molecule has 0 spiro atoms. The van der Waals surface area contributed by atoms with Crippen molar-refractivity contribution in [3.05, 3.63) is 70.3 Å². The molecule has 27 heavy (non-hydrogen) atoms. The molecule has 0 aliphatic carbocycles. The first kappa shape index (κ1) is 18.7. The summed E-state index contributed by atoms with van der Waals surface area (Å²) in [4.78, 5) is 38.3. The Kier molecular flexibility index (Phi) is 4.78. The van der Waals surface area contributed by atoms with Gasteiger partial charge in [-0.25, -0.2) is 13.6 Å². The van der Waals surface area contributed by atoms with E-state index < -0.39 is 41.6 Å². The van der Waals surface area contributed by atoms with Crippen LogP contribution < -0.4 is 0 Å². The number of benzene rings is 2. The van der Waals surface area contributed by atoms with Crippen molar-refractivity contribution in [3.63, 3.8) is 0 Å². The van der Waals surface area contributed by atoms with Crippen LogP contribution in [0, 0.1) is 18.6 Å². The van der Waals surface area contributed by atoms with Gasteiger partial charge in [0.15, 0.2) is 0 Å². The lowest BCUT2D eigenvalue weighted by Crippen LogP contribution is -2.43. The number of carbonyl (C=O) groups is 3. The predicted octanol–water partition coefficient (Wildman–Crippen LogP) is 3.56. The first-order chi connectivity index (χ1) is 12.7. The van der Waals surface area contributed by atoms with Crippen LogP contribution in [0.3, 0.4) is 0 Å². The minimum absolute atomic E-state index is 0.131. The van der Waals surface area contributed by atoms with Gasteiger partial charge in [0.1, 0.15) is 23.8 Å². The lowest BCUT2D eigenvalue weighted by Gasteiger charge is -2.23. The van der Waals surface area contributed by atoms with Crippen LogP contribution in [0.15, 0.2) is 36.4 Å². The molecule has 2 aromatic rings. The van der Waals surface area contributed by atoms with E-state index in [0.29, 0.717) is 0 Å². The van der Waals surface area contributed by atoms with Gasteiger partial charge in [-0.1, -0.05) is 11.6 Å².